The van der Waals surface area contributed by atoms with E-state index in [1.54, 1.807) is 30.3 Å². The molecule has 2 aromatic rings. The van der Waals surface area contributed by atoms with E-state index in [1.165, 1.54) is 6.07 Å². The minimum atomic E-state index is -0.135. The lowest BCUT2D eigenvalue weighted by atomic mass is 9.84. The van der Waals surface area contributed by atoms with Crippen molar-refractivity contribution in [1.82, 2.24) is 5.32 Å². The van der Waals surface area contributed by atoms with Gasteiger partial charge in [-0.15, -0.1) is 0 Å². The Hall–Kier alpha value is -2.40. The molecule has 5 N–H and O–H groups in total. The van der Waals surface area contributed by atoms with Gasteiger partial charge in [0, 0.05) is 18.0 Å². The summed E-state index contributed by atoms with van der Waals surface area (Å²) >= 11 is 0. The average molecular weight is 301 g/mol. The highest BCUT2D eigenvalue weighted by molar-refractivity contribution is 5.45. The van der Waals surface area contributed by atoms with Gasteiger partial charge in [0.25, 0.3) is 0 Å². The van der Waals surface area contributed by atoms with E-state index >= 15 is 0 Å². The topological polar surface area (TPSA) is 93.0 Å². The van der Waals surface area contributed by atoms with Crippen LogP contribution in [-0.4, -0.2) is 33.5 Å². The number of benzene rings is 2. The van der Waals surface area contributed by atoms with E-state index < -0.39 is 0 Å². The van der Waals surface area contributed by atoms with Gasteiger partial charge in [-0.3, -0.25) is 0 Å². The van der Waals surface area contributed by atoms with Crippen LogP contribution in [0.2, 0.25) is 0 Å². The first-order chi connectivity index (χ1) is 10.6. The van der Waals surface area contributed by atoms with Crippen LogP contribution in [0, 0.1) is 5.92 Å². The molecule has 3 rings (SSSR count). The lowest BCUT2D eigenvalue weighted by Gasteiger charge is -2.20. The molecule has 1 heterocycles. The van der Waals surface area contributed by atoms with Gasteiger partial charge in [-0.2, -0.15) is 0 Å². The third kappa shape index (κ3) is 2.67. The molecule has 116 valence electrons. The number of hydrogen-bond acceptors (Lipinski definition) is 5. The smallest absolute Gasteiger partial charge is 0.157 e. The lowest BCUT2D eigenvalue weighted by Crippen LogP contribution is -2.14. The van der Waals surface area contributed by atoms with Crippen molar-refractivity contribution >= 4 is 0 Å². The molecule has 0 spiro atoms. The number of nitrogens with one attached hydrogen (secondary N) is 1. The fourth-order valence-electron chi connectivity index (χ4n) is 3.14. The second kappa shape index (κ2) is 5.77. The Kier molecular flexibility index (Phi) is 3.81. The first-order valence-electron chi connectivity index (χ1n) is 7.28. The van der Waals surface area contributed by atoms with Crippen LogP contribution in [0.1, 0.15) is 17.0 Å². The molecule has 1 saturated heterocycles. The molecule has 5 nitrogen and oxygen atoms in total. The number of rotatable bonds is 3. The van der Waals surface area contributed by atoms with Crippen LogP contribution in [0.25, 0.3) is 0 Å². The molecule has 0 saturated carbocycles. The van der Waals surface area contributed by atoms with E-state index in [4.69, 9.17) is 0 Å². The van der Waals surface area contributed by atoms with Gasteiger partial charge in [0.1, 0.15) is 11.5 Å². The Balaban J connectivity index is 1.85. The third-order valence-electron chi connectivity index (χ3n) is 4.36. The molecule has 5 heteroatoms. The minimum Gasteiger partial charge on any atom is -0.508 e. The highest BCUT2D eigenvalue weighted by atomic mass is 16.3. The maximum absolute atomic E-state index is 9.94. The Labute approximate surface area is 128 Å². The van der Waals surface area contributed by atoms with Gasteiger partial charge in [-0.05, 0) is 48.7 Å². The van der Waals surface area contributed by atoms with Crippen LogP contribution in [0.4, 0.5) is 0 Å². The van der Waals surface area contributed by atoms with Gasteiger partial charge in [0.2, 0.25) is 0 Å². The van der Waals surface area contributed by atoms with Crippen LogP contribution in [-0.2, 0) is 6.42 Å². The zero-order valence-electron chi connectivity index (χ0n) is 12.0. The highest BCUT2D eigenvalue weighted by Crippen LogP contribution is 2.38. The Morgan fingerprint density at radius 1 is 0.864 bits per heavy atom. The average Bonchev–Trinajstić information content (AvgIpc) is 2.94. The van der Waals surface area contributed by atoms with Crippen LogP contribution in [0.3, 0.4) is 0 Å². The first kappa shape index (κ1) is 14.5. The third-order valence-corrected chi connectivity index (χ3v) is 4.36. The van der Waals surface area contributed by atoms with Crippen molar-refractivity contribution < 1.29 is 20.4 Å². The summed E-state index contributed by atoms with van der Waals surface area (Å²) in [5.41, 5.74) is 1.48. The van der Waals surface area contributed by atoms with Crippen molar-refractivity contribution in [2.75, 3.05) is 13.1 Å². The van der Waals surface area contributed by atoms with Crippen molar-refractivity contribution in [2.45, 2.75) is 12.3 Å². The van der Waals surface area contributed by atoms with E-state index in [2.05, 4.69) is 5.32 Å². The van der Waals surface area contributed by atoms with Crippen molar-refractivity contribution in [3.05, 3.63) is 47.5 Å². The zero-order valence-corrected chi connectivity index (χ0v) is 12.0. The number of phenolic OH excluding ortho intramolecular Hbond substituents is 4. The van der Waals surface area contributed by atoms with Crippen LogP contribution >= 0.6 is 0 Å². The van der Waals surface area contributed by atoms with Gasteiger partial charge in [0.05, 0.1) is 0 Å². The number of aromatic hydroxyl groups is 4. The monoisotopic (exact) mass is 301 g/mol. The molecule has 1 aliphatic heterocycles. The summed E-state index contributed by atoms with van der Waals surface area (Å²) in [7, 11) is 0. The van der Waals surface area contributed by atoms with E-state index in [-0.39, 0.29) is 34.8 Å². The molecule has 1 fully saturated rings. The van der Waals surface area contributed by atoms with Gasteiger partial charge < -0.3 is 25.7 Å². The second-order valence-corrected chi connectivity index (χ2v) is 5.75. The molecule has 0 radical (unpaired) electrons. The molecule has 2 unspecified atom stereocenters. The molecule has 0 aliphatic carbocycles. The fraction of sp³-hybridized carbons (Fsp3) is 0.294. The minimum absolute atomic E-state index is 0.0965. The van der Waals surface area contributed by atoms with Gasteiger partial charge in [0.15, 0.2) is 11.5 Å². The summed E-state index contributed by atoms with van der Waals surface area (Å²) in [6.07, 6.45) is 0.539. The summed E-state index contributed by atoms with van der Waals surface area (Å²) in [5.74, 6) is 0.255. The van der Waals surface area contributed by atoms with Crippen molar-refractivity contribution in [3.63, 3.8) is 0 Å². The largest absolute Gasteiger partial charge is 0.508 e. The van der Waals surface area contributed by atoms with Crippen LogP contribution in [0.15, 0.2) is 36.4 Å². The number of phenols is 4. The van der Waals surface area contributed by atoms with E-state index in [0.29, 0.717) is 12.0 Å². The van der Waals surface area contributed by atoms with E-state index in [0.717, 1.165) is 18.7 Å². The zero-order chi connectivity index (χ0) is 15.7. The molecule has 0 bridgehead atoms. The Morgan fingerprint density at radius 3 is 2.27 bits per heavy atom. The SMILES string of the molecule is Oc1ccc(C2CNCC2Cc2c(O)cccc2O)cc1O. The maximum Gasteiger partial charge on any atom is 0.157 e. The summed E-state index contributed by atoms with van der Waals surface area (Å²) in [4.78, 5) is 0. The Morgan fingerprint density at radius 2 is 1.59 bits per heavy atom. The molecular formula is C17H19NO4. The number of hydrogen-bond donors (Lipinski definition) is 5. The fourth-order valence-corrected chi connectivity index (χ4v) is 3.14. The van der Waals surface area contributed by atoms with Crippen LogP contribution in [0.5, 0.6) is 23.0 Å². The summed E-state index contributed by atoms with van der Waals surface area (Å²) in [6, 6.07) is 9.60. The highest BCUT2D eigenvalue weighted by Gasteiger charge is 2.30. The normalized spacial score (nSPS) is 21.1. The van der Waals surface area contributed by atoms with Gasteiger partial charge >= 0.3 is 0 Å². The van der Waals surface area contributed by atoms with Gasteiger partial charge in [-0.25, -0.2) is 0 Å². The van der Waals surface area contributed by atoms with Crippen molar-refractivity contribution in [1.29, 1.82) is 0 Å². The van der Waals surface area contributed by atoms with Crippen molar-refractivity contribution in [2.24, 2.45) is 5.92 Å². The predicted octanol–water partition coefficient (Wildman–Crippen LogP) is 2.05. The molecule has 0 amide bonds. The summed E-state index contributed by atoms with van der Waals surface area (Å²) in [6.45, 7) is 1.52. The Bertz CT molecular complexity index is 666. The molecule has 1 aliphatic rings. The molecule has 2 aromatic carbocycles. The van der Waals surface area contributed by atoms with Crippen molar-refractivity contribution in [3.8, 4) is 23.0 Å². The summed E-state index contributed by atoms with van der Waals surface area (Å²) < 4.78 is 0. The standard InChI is InChI=1S/C17H19NO4/c19-14-2-1-3-15(20)12(14)6-11-8-18-9-13(11)10-4-5-16(21)17(22)7-10/h1-5,7,11,13,18-22H,6,8-9H2. The quantitative estimate of drug-likeness (QED) is 0.560. The maximum atomic E-state index is 9.94. The summed E-state index contributed by atoms with van der Waals surface area (Å²) in [5, 5.41) is 42.3. The van der Waals surface area contributed by atoms with Gasteiger partial charge in [-0.1, -0.05) is 12.1 Å². The molecule has 0 aromatic heterocycles. The lowest BCUT2D eigenvalue weighted by molar-refractivity contribution is 0.400. The predicted molar refractivity (Wildman–Crippen MR) is 82.3 cm³/mol. The molecule has 22 heavy (non-hydrogen) atoms. The molecule has 2 atom stereocenters. The van der Waals surface area contributed by atoms with Crippen LogP contribution < -0.4 is 5.32 Å². The van der Waals surface area contributed by atoms with E-state index in [1.807, 2.05) is 0 Å². The molecular weight excluding hydrogens is 282 g/mol. The first-order valence-corrected chi connectivity index (χ1v) is 7.28. The second-order valence-electron chi connectivity index (χ2n) is 5.75. The van der Waals surface area contributed by atoms with E-state index in [9.17, 15) is 20.4 Å².